The summed E-state index contributed by atoms with van der Waals surface area (Å²) in [5, 5.41) is 2.85. The first-order chi connectivity index (χ1) is 8.10. The van der Waals surface area contributed by atoms with Crippen LogP contribution in [0.25, 0.3) is 0 Å². The van der Waals surface area contributed by atoms with Crippen molar-refractivity contribution in [3.8, 4) is 0 Å². The predicted molar refractivity (Wildman–Crippen MR) is 69.9 cm³/mol. The summed E-state index contributed by atoms with van der Waals surface area (Å²) in [6.07, 6.45) is 1.51. The first-order valence-corrected chi connectivity index (χ1v) is 6.22. The van der Waals surface area contributed by atoms with Crippen molar-refractivity contribution in [2.45, 2.75) is 26.7 Å². The van der Waals surface area contributed by atoms with Gasteiger partial charge in [0, 0.05) is 5.69 Å². The molecule has 17 heavy (non-hydrogen) atoms. The van der Waals surface area contributed by atoms with E-state index in [0.29, 0.717) is 24.8 Å². The van der Waals surface area contributed by atoms with Gasteiger partial charge in [-0.3, -0.25) is 4.79 Å². The lowest BCUT2D eigenvalue weighted by Gasteiger charge is -2.19. The molecule has 0 saturated carbocycles. The van der Waals surface area contributed by atoms with Crippen LogP contribution in [-0.4, -0.2) is 12.5 Å². The number of amides is 1. The number of nitrogens with one attached hydrogen (secondary N) is 1. The van der Waals surface area contributed by atoms with Crippen molar-refractivity contribution < 1.29 is 4.79 Å². The minimum absolute atomic E-state index is 0.0939. The average Bonchev–Trinajstić information content (AvgIpc) is 2.64. The Morgan fingerprint density at radius 3 is 2.82 bits per heavy atom. The van der Waals surface area contributed by atoms with E-state index >= 15 is 0 Å². The molecule has 1 aromatic carbocycles. The van der Waals surface area contributed by atoms with E-state index in [1.807, 2.05) is 6.07 Å². The van der Waals surface area contributed by atoms with E-state index in [9.17, 15) is 4.79 Å². The van der Waals surface area contributed by atoms with Gasteiger partial charge in [-0.25, -0.2) is 0 Å². The van der Waals surface area contributed by atoms with Crippen LogP contribution in [0.15, 0.2) is 18.2 Å². The maximum atomic E-state index is 11.3. The van der Waals surface area contributed by atoms with E-state index in [1.165, 1.54) is 5.56 Å². The topological polar surface area (TPSA) is 55.1 Å². The molecule has 1 atom stereocenters. The monoisotopic (exact) mass is 232 g/mol. The van der Waals surface area contributed by atoms with Crippen molar-refractivity contribution in [3.05, 3.63) is 29.3 Å². The molecule has 0 aliphatic carbocycles. The average molecular weight is 232 g/mol. The van der Waals surface area contributed by atoms with Crippen molar-refractivity contribution in [3.63, 3.8) is 0 Å². The Kier molecular flexibility index (Phi) is 3.48. The Hall–Kier alpha value is -1.35. The van der Waals surface area contributed by atoms with Crippen LogP contribution in [0.3, 0.4) is 0 Å². The van der Waals surface area contributed by atoms with Crippen molar-refractivity contribution >= 4 is 11.6 Å². The Morgan fingerprint density at radius 2 is 2.18 bits per heavy atom. The van der Waals surface area contributed by atoms with Crippen LogP contribution in [0.2, 0.25) is 0 Å². The van der Waals surface area contributed by atoms with E-state index in [1.54, 1.807) is 0 Å². The SMILES string of the molecule is CC(C)C(CN)Cc1ccc2c(c1)CC(=O)N2. The van der Waals surface area contributed by atoms with E-state index in [-0.39, 0.29) is 5.91 Å². The molecule has 3 nitrogen and oxygen atoms in total. The van der Waals surface area contributed by atoms with Gasteiger partial charge in [-0.1, -0.05) is 26.0 Å². The molecular weight excluding hydrogens is 212 g/mol. The molecule has 0 radical (unpaired) electrons. The maximum absolute atomic E-state index is 11.3. The molecule has 0 spiro atoms. The maximum Gasteiger partial charge on any atom is 0.228 e. The van der Waals surface area contributed by atoms with Gasteiger partial charge < -0.3 is 11.1 Å². The van der Waals surface area contributed by atoms with Gasteiger partial charge >= 0.3 is 0 Å². The summed E-state index contributed by atoms with van der Waals surface area (Å²) in [6.45, 7) is 5.12. The molecule has 1 aromatic rings. The van der Waals surface area contributed by atoms with Gasteiger partial charge in [-0.2, -0.15) is 0 Å². The summed E-state index contributed by atoms with van der Waals surface area (Å²) in [7, 11) is 0. The molecule has 92 valence electrons. The molecule has 2 rings (SSSR count). The minimum Gasteiger partial charge on any atom is -0.330 e. The summed E-state index contributed by atoms with van der Waals surface area (Å²) in [6, 6.07) is 6.23. The number of anilines is 1. The molecule has 1 unspecified atom stereocenters. The third kappa shape index (κ3) is 2.67. The number of hydrogen-bond donors (Lipinski definition) is 2. The molecule has 1 heterocycles. The third-order valence-corrected chi connectivity index (χ3v) is 3.54. The second-order valence-electron chi connectivity index (χ2n) is 5.16. The number of benzene rings is 1. The predicted octanol–water partition coefficient (Wildman–Crippen LogP) is 1.95. The standard InChI is InChI=1S/C14H20N2O/c1-9(2)12(8-15)6-10-3-4-13-11(5-10)7-14(17)16-13/h3-5,9,12H,6-8,15H2,1-2H3,(H,16,17). The molecule has 1 amide bonds. The normalized spacial score (nSPS) is 15.9. The summed E-state index contributed by atoms with van der Waals surface area (Å²) >= 11 is 0. The fourth-order valence-corrected chi connectivity index (χ4v) is 2.30. The van der Waals surface area contributed by atoms with E-state index < -0.39 is 0 Å². The Bertz CT molecular complexity index is 426. The molecule has 0 aromatic heterocycles. The molecule has 1 aliphatic rings. The first-order valence-electron chi connectivity index (χ1n) is 6.22. The van der Waals surface area contributed by atoms with Gasteiger partial charge in [-0.05, 0) is 42.0 Å². The zero-order valence-corrected chi connectivity index (χ0v) is 10.5. The van der Waals surface area contributed by atoms with E-state index in [0.717, 1.165) is 17.7 Å². The smallest absolute Gasteiger partial charge is 0.228 e. The fraction of sp³-hybridized carbons (Fsp3) is 0.500. The molecule has 0 bridgehead atoms. The third-order valence-electron chi connectivity index (χ3n) is 3.54. The van der Waals surface area contributed by atoms with Gasteiger partial charge in [0.15, 0.2) is 0 Å². The Morgan fingerprint density at radius 1 is 1.41 bits per heavy atom. The van der Waals surface area contributed by atoms with Gasteiger partial charge in [-0.15, -0.1) is 0 Å². The highest BCUT2D eigenvalue weighted by Gasteiger charge is 2.19. The highest BCUT2D eigenvalue weighted by atomic mass is 16.1. The summed E-state index contributed by atoms with van der Waals surface area (Å²) in [5.41, 5.74) is 9.15. The van der Waals surface area contributed by atoms with Crippen LogP contribution < -0.4 is 11.1 Å². The summed E-state index contributed by atoms with van der Waals surface area (Å²) < 4.78 is 0. The summed E-state index contributed by atoms with van der Waals surface area (Å²) in [5.74, 6) is 1.20. The highest BCUT2D eigenvalue weighted by molar-refractivity contribution is 5.99. The van der Waals surface area contributed by atoms with Gasteiger partial charge in [0.1, 0.15) is 0 Å². The molecule has 1 aliphatic heterocycles. The second kappa shape index (κ2) is 4.88. The first kappa shape index (κ1) is 12.1. The number of rotatable bonds is 4. The Balaban J connectivity index is 2.13. The lowest BCUT2D eigenvalue weighted by atomic mass is 9.89. The number of nitrogens with two attached hydrogens (primary N) is 1. The van der Waals surface area contributed by atoms with Gasteiger partial charge in [0.05, 0.1) is 6.42 Å². The van der Waals surface area contributed by atoms with Crippen LogP contribution in [0.1, 0.15) is 25.0 Å². The van der Waals surface area contributed by atoms with Gasteiger partial charge in [0.25, 0.3) is 0 Å². The van der Waals surface area contributed by atoms with Crippen LogP contribution in [-0.2, 0) is 17.6 Å². The van der Waals surface area contributed by atoms with Crippen molar-refractivity contribution in [2.24, 2.45) is 17.6 Å². The lowest BCUT2D eigenvalue weighted by Crippen LogP contribution is -2.22. The molecule has 3 heteroatoms. The molecule has 0 fully saturated rings. The van der Waals surface area contributed by atoms with E-state index in [4.69, 9.17) is 5.73 Å². The van der Waals surface area contributed by atoms with Crippen molar-refractivity contribution in [1.29, 1.82) is 0 Å². The fourth-order valence-electron chi connectivity index (χ4n) is 2.30. The minimum atomic E-state index is 0.0939. The highest BCUT2D eigenvalue weighted by Crippen LogP contribution is 2.25. The number of carbonyl (C=O) groups is 1. The molecule has 0 saturated heterocycles. The largest absolute Gasteiger partial charge is 0.330 e. The number of fused-ring (bicyclic) bond motifs is 1. The zero-order valence-electron chi connectivity index (χ0n) is 10.5. The quantitative estimate of drug-likeness (QED) is 0.833. The molecule has 3 N–H and O–H groups in total. The van der Waals surface area contributed by atoms with Crippen molar-refractivity contribution in [2.75, 3.05) is 11.9 Å². The molecular formula is C14H20N2O. The zero-order chi connectivity index (χ0) is 12.4. The van der Waals surface area contributed by atoms with E-state index in [2.05, 4.69) is 31.3 Å². The van der Waals surface area contributed by atoms with Crippen LogP contribution >= 0.6 is 0 Å². The summed E-state index contributed by atoms with van der Waals surface area (Å²) in [4.78, 5) is 11.3. The number of hydrogen-bond acceptors (Lipinski definition) is 2. The lowest BCUT2D eigenvalue weighted by molar-refractivity contribution is -0.115. The Labute approximate surface area is 102 Å². The van der Waals surface area contributed by atoms with Gasteiger partial charge in [0.2, 0.25) is 5.91 Å². The van der Waals surface area contributed by atoms with Crippen LogP contribution in [0.4, 0.5) is 5.69 Å². The second-order valence-corrected chi connectivity index (χ2v) is 5.16. The van der Waals surface area contributed by atoms with Crippen LogP contribution in [0, 0.1) is 11.8 Å². The van der Waals surface area contributed by atoms with Crippen LogP contribution in [0.5, 0.6) is 0 Å². The van der Waals surface area contributed by atoms with Crippen molar-refractivity contribution in [1.82, 2.24) is 0 Å². The number of carbonyl (C=O) groups excluding carboxylic acids is 1.